The van der Waals surface area contributed by atoms with E-state index in [4.69, 9.17) is 0 Å². The van der Waals surface area contributed by atoms with Gasteiger partial charge in [0.25, 0.3) is 10.0 Å². The van der Waals surface area contributed by atoms with Crippen LogP contribution in [0.1, 0.15) is 35.4 Å². The van der Waals surface area contributed by atoms with E-state index in [1.54, 1.807) is 17.9 Å². The Labute approximate surface area is 163 Å². The highest BCUT2D eigenvalue weighted by atomic mass is 32.2. The van der Waals surface area contributed by atoms with Crippen molar-refractivity contribution < 1.29 is 8.42 Å². The number of fused-ring (bicyclic) bond motifs is 1. The smallest absolute Gasteiger partial charge is 0.268 e. The first kappa shape index (κ1) is 18.2. The van der Waals surface area contributed by atoms with Crippen LogP contribution in [0.2, 0.25) is 0 Å². The summed E-state index contributed by atoms with van der Waals surface area (Å²) in [5, 5.41) is 4.61. The molecule has 0 radical (unpaired) electrons. The van der Waals surface area contributed by atoms with Gasteiger partial charge < -0.3 is 0 Å². The number of benzene rings is 1. The van der Waals surface area contributed by atoms with Crippen LogP contribution in [0.5, 0.6) is 0 Å². The minimum atomic E-state index is -3.65. The van der Waals surface area contributed by atoms with Gasteiger partial charge in [0.05, 0.1) is 11.9 Å². The van der Waals surface area contributed by atoms with E-state index in [1.165, 1.54) is 32.3 Å². The van der Waals surface area contributed by atoms with Crippen LogP contribution < -0.4 is 4.31 Å². The van der Waals surface area contributed by atoms with Crippen molar-refractivity contribution in [3.63, 3.8) is 0 Å². The first-order valence-electron chi connectivity index (χ1n) is 9.04. The number of rotatable bonds is 5. The van der Waals surface area contributed by atoms with Crippen LogP contribution in [0.4, 0.5) is 5.13 Å². The number of hydrogen-bond acceptors (Lipinski definition) is 5. The van der Waals surface area contributed by atoms with Crippen molar-refractivity contribution in [2.45, 2.75) is 43.5 Å². The maximum atomic E-state index is 12.9. The summed E-state index contributed by atoms with van der Waals surface area (Å²) in [7, 11) is -2.08. The van der Waals surface area contributed by atoms with E-state index in [1.807, 2.05) is 13.0 Å². The summed E-state index contributed by atoms with van der Waals surface area (Å²) in [6.45, 7) is 2.55. The lowest BCUT2D eigenvalue weighted by Gasteiger charge is -2.21. The molecule has 0 amide bonds. The molecule has 1 aromatic carbocycles. The average molecular weight is 403 g/mol. The summed E-state index contributed by atoms with van der Waals surface area (Å²) in [6, 6.07) is 10.5. The van der Waals surface area contributed by atoms with Crippen molar-refractivity contribution in [1.29, 1.82) is 0 Å². The van der Waals surface area contributed by atoms with E-state index in [-0.39, 0.29) is 4.90 Å². The van der Waals surface area contributed by atoms with Gasteiger partial charge in [0.2, 0.25) is 0 Å². The molecule has 142 valence electrons. The Hall–Kier alpha value is -2.19. The van der Waals surface area contributed by atoms with Crippen LogP contribution in [0, 0.1) is 0 Å². The van der Waals surface area contributed by atoms with Gasteiger partial charge in [-0.1, -0.05) is 30.3 Å². The van der Waals surface area contributed by atoms with Crippen LogP contribution in [0.15, 0.2) is 47.6 Å². The number of nitrogens with zero attached hydrogens (tertiary/aromatic N) is 4. The molecule has 1 aliphatic carbocycles. The maximum absolute atomic E-state index is 12.9. The third kappa shape index (κ3) is 3.39. The molecule has 0 N–H and O–H groups in total. The van der Waals surface area contributed by atoms with E-state index in [0.717, 1.165) is 25.0 Å². The molecule has 0 saturated carbocycles. The third-order valence-corrected chi connectivity index (χ3v) is 8.07. The molecule has 2 heterocycles. The zero-order valence-corrected chi connectivity index (χ0v) is 17.0. The lowest BCUT2D eigenvalue weighted by Crippen LogP contribution is -2.26. The summed E-state index contributed by atoms with van der Waals surface area (Å²) >= 11 is 1.48. The number of sulfonamides is 1. The van der Waals surface area contributed by atoms with Crippen molar-refractivity contribution in [3.05, 3.63) is 58.9 Å². The fourth-order valence-electron chi connectivity index (χ4n) is 3.42. The van der Waals surface area contributed by atoms with Crippen LogP contribution in [-0.2, 0) is 29.4 Å². The molecule has 1 atom stereocenters. The minimum Gasteiger partial charge on any atom is -0.272 e. The number of aryl methyl sites for hydroxylation is 2. The Balaban J connectivity index is 1.59. The Morgan fingerprint density at radius 3 is 2.78 bits per heavy atom. The molecule has 4 rings (SSSR count). The molecule has 27 heavy (non-hydrogen) atoms. The van der Waals surface area contributed by atoms with Gasteiger partial charge in [-0.3, -0.25) is 4.68 Å². The standard InChI is InChI=1S/C19H22N4O2S2/c1-3-23-13-16(12-20-23)27(24,25)22(2)19-21-17-10-9-15(11-18(17)26-19)14-7-5-4-6-8-14/h4-8,12-13,15H,3,9-11H2,1-2H3/t15-/m1/s1. The van der Waals surface area contributed by atoms with Crippen molar-refractivity contribution in [3.8, 4) is 0 Å². The normalized spacial score (nSPS) is 16.9. The van der Waals surface area contributed by atoms with E-state index < -0.39 is 10.0 Å². The van der Waals surface area contributed by atoms with E-state index in [0.29, 0.717) is 17.6 Å². The fraction of sp³-hybridized carbons (Fsp3) is 0.368. The van der Waals surface area contributed by atoms with Crippen LogP contribution in [-0.4, -0.2) is 30.2 Å². The average Bonchev–Trinajstić information content (AvgIpc) is 3.34. The molecule has 1 aliphatic rings. The fourth-order valence-corrected chi connectivity index (χ4v) is 5.88. The highest BCUT2D eigenvalue weighted by Gasteiger charge is 2.29. The molecule has 0 unspecified atom stereocenters. The van der Waals surface area contributed by atoms with Gasteiger partial charge in [0.15, 0.2) is 5.13 Å². The van der Waals surface area contributed by atoms with Gasteiger partial charge in [-0.25, -0.2) is 17.7 Å². The molecular formula is C19H22N4O2S2. The lowest BCUT2D eigenvalue weighted by molar-refractivity contribution is 0.584. The van der Waals surface area contributed by atoms with Gasteiger partial charge >= 0.3 is 0 Å². The number of anilines is 1. The Kier molecular flexibility index (Phi) is 4.77. The second kappa shape index (κ2) is 7.09. The molecular weight excluding hydrogens is 380 g/mol. The van der Waals surface area contributed by atoms with E-state index in [2.05, 4.69) is 34.3 Å². The summed E-state index contributed by atoms with van der Waals surface area (Å²) in [4.78, 5) is 6.02. The summed E-state index contributed by atoms with van der Waals surface area (Å²) in [5.41, 5.74) is 2.37. The van der Waals surface area contributed by atoms with Gasteiger partial charge in [-0.05, 0) is 37.7 Å². The van der Waals surface area contributed by atoms with Gasteiger partial charge in [-0.15, -0.1) is 11.3 Å². The van der Waals surface area contributed by atoms with Gasteiger partial charge in [-0.2, -0.15) is 5.10 Å². The topological polar surface area (TPSA) is 68.1 Å². The molecule has 0 bridgehead atoms. The zero-order valence-electron chi connectivity index (χ0n) is 15.4. The number of aromatic nitrogens is 3. The predicted molar refractivity (Wildman–Crippen MR) is 107 cm³/mol. The van der Waals surface area contributed by atoms with E-state index >= 15 is 0 Å². The second-order valence-electron chi connectivity index (χ2n) is 6.72. The van der Waals surface area contributed by atoms with Gasteiger partial charge in [0.1, 0.15) is 4.90 Å². The molecule has 0 saturated heterocycles. The summed E-state index contributed by atoms with van der Waals surface area (Å²) in [5.74, 6) is 0.469. The molecule has 2 aromatic heterocycles. The largest absolute Gasteiger partial charge is 0.272 e. The molecule has 0 fully saturated rings. The minimum absolute atomic E-state index is 0.196. The second-order valence-corrected chi connectivity index (χ2v) is 9.75. The molecule has 8 heteroatoms. The Bertz CT molecular complexity index is 1040. The van der Waals surface area contributed by atoms with Crippen molar-refractivity contribution in [1.82, 2.24) is 14.8 Å². The number of hydrogen-bond donors (Lipinski definition) is 0. The highest BCUT2D eigenvalue weighted by Crippen LogP contribution is 2.38. The molecule has 0 spiro atoms. The first-order valence-corrected chi connectivity index (χ1v) is 11.3. The summed E-state index contributed by atoms with van der Waals surface area (Å²) in [6.07, 6.45) is 5.80. The molecule has 3 aromatic rings. The molecule has 6 nitrogen and oxygen atoms in total. The third-order valence-electron chi connectivity index (χ3n) is 5.06. The zero-order chi connectivity index (χ0) is 19.0. The van der Waals surface area contributed by atoms with Crippen LogP contribution in [0.3, 0.4) is 0 Å². The van der Waals surface area contributed by atoms with Crippen molar-refractivity contribution >= 4 is 26.5 Å². The quantitative estimate of drug-likeness (QED) is 0.655. The van der Waals surface area contributed by atoms with Crippen LogP contribution in [0.25, 0.3) is 0 Å². The first-order chi connectivity index (χ1) is 13.0. The van der Waals surface area contributed by atoms with Crippen molar-refractivity contribution in [2.75, 3.05) is 11.4 Å². The van der Waals surface area contributed by atoms with Crippen LogP contribution >= 0.6 is 11.3 Å². The Morgan fingerprint density at radius 1 is 1.30 bits per heavy atom. The monoisotopic (exact) mass is 402 g/mol. The Morgan fingerprint density at radius 2 is 2.07 bits per heavy atom. The predicted octanol–water partition coefficient (Wildman–Crippen LogP) is 3.46. The lowest BCUT2D eigenvalue weighted by atomic mass is 9.85. The summed E-state index contributed by atoms with van der Waals surface area (Å²) < 4.78 is 28.7. The molecule has 0 aliphatic heterocycles. The SMILES string of the molecule is CCn1cc(S(=O)(=O)N(C)c2nc3c(s2)C[C@H](c2ccccc2)CC3)cn1. The highest BCUT2D eigenvalue weighted by molar-refractivity contribution is 7.93. The van der Waals surface area contributed by atoms with Crippen molar-refractivity contribution in [2.24, 2.45) is 0 Å². The van der Waals surface area contributed by atoms with Gasteiger partial charge in [0, 0.05) is 24.7 Å². The maximum Gasteiger partial charge on any atom is 0.268 e. The number of thiazole rings is 1. The van der Waals surface area contributed by atoms with E-state index in [9.17, 15) is 8.42 Å².